The number of hydrogen-bond acceptors (Lipinski definition) is 5. The topological polar surface area (TPSA) is 94.5 Å². The molecule has 0 bridgehead atoms. The number of carbonyl (C=O) groups is 1. The van der Waals surface area contributed by atoms with Gasteiger partial charge in [0.1, 0.15) is 18.6 Å². The molecular weight excluding hydrogens is 672 g/mol. The summed E-state index contributed by atoms with van der Waals surface area (Å²) in [5.74, 6) is -2.80. The van der Waals surface area contributed by atoms with Crippen LogP contribution < -0.4 is 10.0 Å². The van der Waals surface area contributed by atoms with Gasteiger partial charge in [-0.15, -0.1) is 0 Å². The Morgan fingerprint density at radius 2 is 1.77 bits per heavy atom. The fourth-order valence-electron chi connectivity index (χ4n) is 5.46. The normalized spacial score (nSPS) is 19.6. The van der Waals surface area contributed by atoms with Crippen molar-refractivity contribution in [2.24, 2.45) is 11.8 Å². The van der Waals surface area contributed by atoms with E-state index in [1.165, 1.54) is 0 Å². The van der Waals surface area contributed by atoms with E-state index in [1.54, 1.807) is 31.4 Å². The molecule has 2 aliphatic rings. The van der Waals surface area contributed by atoms with Crippen LogP contribution in [0.5, 0.6) is 0 Å². The van der Waals surface area contributed by atoms with Crippen LogP contribution in [0.4, 0.5) is 22.0 Å². The molecule has 0 spiro atoms. The summed E-state index contributed by atoms with van der Waals surface area (Å²) >= 11 is 0. The molecule has 1 amide bonds. The first-order valence-electron chi connectivity index (χ1n) is 16.6. The van der Waals surface area contributed by atoms with E-state index in [1.807, 2.05) is 12.1 Å². The molecule has 2 N–H and O–H groups in total. The minimum Gasteiger partial charge on any atom is -0.364 e. The highest BCUT2D eigenvalue weighted by molar-refractivity contribution is 7.84. The van der Waals surface area contributed by atoms with Crippen molar-refractivity contribution in [2.75, 3.05) is 13.2 Å². The molecule has 1 aromatic heterocycles. The molecule has 0 unspecified atom stereocenters. The van der Waals surface area contributed by atoms with Gasteiger partial charge in [-0.1, -0.05) is 25.7 Å². The maximum absolute atomic E-state index is 13.8. The van der Waals surface area contributed by atoms with Crippen LogP contribution in [0, 0.1) is 11.8 Å². The average molecular weight is 723 g/mol. The van der Waals surface area contributed by atoms with Crippen LogP contribution in [0.15, 0.2) is 18.2 Å². The number of nitrogens with one attached hydrogen (secondary N) is 2. The second-order valence-corrected chi connectivity index (χ2v) is 23.7. The number of halogens is 5. The summed E-state index contributed by atoms with van der Waals surface area (Å²) in [5.41, 5.74) is -0.482. The largest absolute Gasteiger partial charge is 0.416 e. The SMILES string of the molecule is CC(C)(C)[S@](=O)N[C@H](COC(C)(C)C(F)(F)F)c1nc2ccc([C@H](NC(=O)CC3CC(F)(F)C3)C3CC3)cc2n1COCC[Si](C)(C)C. The van der Waals surface area contributed by atoms with E-state index in [9.17, 15) is 31.0 Å². The van der Waals surface area contributed by atoms with Crippen molar-refractivity contribution < 1.29 is 40.4 Å². The minimum atomic E-state index is -4.64. The van der Waals surface area contributed by atoms with Crippen molar-refractivity contribution in [3.8, 4) is 0 Å². The van der Waals surface area contributed by atoms with Gasteiger partial charge >= 0.3 is 6.18 Å². The van der Waals surface area contributed by atoms with Crippen LogP contribution in [0.25, 0.3) is 11.0 Å². The van der Waals surface area contributed by atoms with Gasteiger partial charge < -0.3 is 19.4 Å². The van der Waals surface area contributed by atoms with Crippen LogP contribution in [0.2, 0.25) is 25.7 Å². The first kappa shape index (κ1) is 38.9. The number of nitrogens with zero attached hydrogens (tertiary/aromatic N) is 2. The van der Waals surface area contributed by atoms with E-state index >= 15 is 0 Å². The molecule has 0 saturated heterocycles. The number of imidazole rings is 1. The number of amides is 1. The summed E-state index contributed by atoms with van der Waals surface area (Å²) in [6, 6.07) is 5.10. The predicted octanol–water partition coefficient (Wildman–Crippen LogP) is 7.80. The molecule has 48 heavy (non-hydrogen) atoms. The van der Waals surface area contributed by atoms with Gasteiger partial charge in [-0.05, 0) is 83.0 Å². The Labute approximate surface area is 283 Å². The van der Waals surface area contributed by atoms with E-state index in [2.05, 4.69) is 29.7 Å². The third-order valence-corrected chi connectivity index (χ3v) is 12.2. The van der Waals surface area contributed by atoms with E-state index in [-0.39, 0.29) is 49.8 Å². The highest BCUT2D eigenvalue weighted by Crippen LogP contribution is 2.45. The fraction of sp³-hybridized carbons (Fsp3) is 0.758. The Morgan fingerprint density at radius 1 is 1.12 bits per heavy atom. The molecule has 2 aromatic rings. The monoisotopic (exact) mass is 722 g/mol. The highest BCUT2D eigenvalue weighted by atomic mass is 32.2. The Balaban J connectivity index is 1.70. The average Bonchev–Trinajstić information content (AvgIpc) is 3.70. The van der Waals surface area contributed by atoms with Crippen LogP contribution in [0.1, 0.15) is 90.2 Å². The molecule has 4 rings (SSSR count). The van der Waals surface area contributed by atoms with Gasteiger partial charge in [0.25, 0.3) is 0 Å². The fourth-order valence-corrected chi connectivity index (χ4v) is 7.00. The second kappa shape index (κ2) is 14.4. The molecule has 2 saturated carbocycles. The van der Waals surface area contributed by atoms with Crippen molar-refractivity contribution in [3.63, 3.8) is 0 Å². The predicted molar refractivity (Wildman–Crippen MR) is 180 cm³/mol. The van der Waals surface area contributed by atoms with E-state index in [0.717, 1.165) is 38.3 Å². The molecule has 272 valence electrons. The van der Waals surface area contributed by atoms with Crippen molar-refractivity contribution >= 4 is 36.0 Å². The number of alkyl halides is 5. The maximum Gasteiger partial charge on any atom is 0.416 e. The lowest BCUT2D eigenvalue weighted by Gasteiger charge is -2.34. The number of hydrogen-bond donors (Lipinski definition) is 2. The molecule has 0 aliphatic heterocycles. The van der Waals surface area contributed by atoms with E-state index < -0.39 is 54.2 Å². The van der Waals surface area contributed by atoms with Crippen molar-refractivity contribution in [2.45, 2.75) is 134 Å². The van der Waals surface area contributed by atoms with Crippen LogP contribution in [-0.2, 0) is 32.0 Å². The smallest absolute Gasteiger partial charge is 0.364 e. The highest BCUT2D eigenvalue weighted by Gasteiger charge is 2.49. The number of benzene rings is 1. The second-order valence-electron chi connectivity index (χ2n) is 16.1. The zero-order valence-electron chi connectivity index (χ0n) is 29.2. The lowest BCUT2D eigenvalue weighted by Crippen LogP contribution is -2.45. The number of aromatic nitrogens is 2. The van der Waals surface area contributed by atoms with Crippen molar-refractivity contribution in [3.05, 3.63) is 29.6 Å². The van der Waals surface area contributed by atoms with Crippen LogP contribution in [-0.4, -0.2) is 63.4 Å². The van der Waals surface area contributed by atoms with Gasteiger partial charge in [0.05, 0.1) is 39.4 Å². The van der Waals surface area contributed by atoms with Gasteiger partial charge in [-0.25, -0.2) is 22.7 Å². The maximum atomic E-state index is 13.8. The van der Waals surface area contributed by atoms with Crippen LogP contribution >= 0.6 is 0 Å². The van der Waals surface area contributed by atoms with Crippen molar-refractivity contribution in [1.29, 1.82) is 0 Å². The standard InChI is InChI=1S/C33H51F5N4O4SSi/c1-30(2,3)47(44)41-25(19-46-31(4,5)33(36,37)38)29-39-24-12-11-23(16-26(24)42(29)20-45-13-14-48(6,7)8)28(22-9-10-22)40-27(43)15-21-17-32(34,35)18-21/h11-12,16,21-22,25,28,41H,9-10,13-15,17-20H2,1-8H3,(H,40,43)/t25-,28-,47+/m1/s1. The molecule has 1 heterocycles. The molecule has 3 atom stereocenters. The zero-order chi connectivity index (χ0) is 35.9. The van der Waals surface area contributed by atoms with E-state index in [4.69, 9.17) is 14.5 Å². The summed E-state index contributed by atoms with van der Waals surface area (Å²) in [6.45, 7) is 13.9. The number of fused-ring (bicyclic) bond motifs is 1. The summed E-state index contributed by atoms with van der Waals surface area (Å²) in [5, 5.41) is 3.08. The molecule has 2 fully saturated rings. The molecule has 0 radical (unpaired) electrons. The summed E-state index contributed by atoms with van der Waals surface area (Å²) in [6.07, 6.45) is -3.34. The lowest BCUT2D eigenvalue weighted by molar-refractivity contribution is -0.265. The third-order valence-electron chi connectivity index (χ3n) is 8.85. The van der Waals surface area contributed by atoms with Crippen molar-refractivity contribution in [1.82, 2.24) is 19.6 Å². The molecule has 1 aromatic carbocycles. The number of ether oxygens (including phenoxy) is 2. The summed E-state index contributed by atoms with van der Waals surface area (Å²) in [4.78, 5) is 17.7. The molecule has 15 heteroatoms. The quantitative estimate of drug-likeness (QED) is 0.105. The first-order valence-corrected chi connectivity index (χ1v) is 21.5. The van der Waals surface area contributed by atoms with Crippen LogP contribution in [0.3, 0.4) is 0 Å². The minimum absolute atomic E-state index is 0.0408. The first-order chi connectivity index (χ1) is 22.0. The number of carbonyl (C=O) groups excluding carboxylic acids is 1. The Morgan fingerprint density at radius 3 is 2.31 bits per heavy atom. The summed E-state index contributed by atoms with van der Waals surface area (Å²) in [7, 11) is -3.12. The molecule has 8 nitrogen and oxygen atoms in total. The lowest BCUT2D eigenvalue weighted by atomic mass is 9.79. The Hall–Kier alpha value is -1.94. The number of rotatable bonds is 16. The zero-order valence-corrected chi connectivity index (χ0v) is 31.0. The Bertz CT molecular complexity index is 1460. The van der Waals surface area contributed by atoms with Gasteiger partial charge in [0.2, 0.25) is 11.8 Å². The van der Waals surface area contributed by atoms with Gasteiger partial charge in [-0.3, -0.25) is 4.79 Å². The van der Waals surface area contributed by atoms with Gasteiger partial charge in [-0.2, -0.15) is 13.2 Å². The van der Waals surface area contributed by atoms with Gasteiger partial charge in [0.15, 0.2) is 5.60 Å². The molecule has 2 aliphatic carbocycles. The summed E-state index contributed by atoms with van der Waals surface area (Å²) < 4.78 is 97.0. The van der Waals surface area contributed by atoms with Gasteiger partial charge in [0, 0.05) is 33.9 Å². The Kier molecular flexibility index (Phi) is 11.6. The molecular formula is C33H51F5N4O4SSi. The van der Waals surface area contributed by atoms with E-state index in [0.29, 0.717) is 23.5 Å². The third kappa shape index (κ3) is 10.3.